The number of rotatable bonds is 7. The standard InChI is InChI=1S/C30H25N3O10/c34-14-25-27(36)28(37)29(38)30(43-25)42-19-9-10-20-24(12-19)41-15-21(26(20)35)23-13-22(16-5-4-8-18(11-16)33(39)40)31-32(23)17-6-2-1-3-7-17/h1-13,15,25,27-30,34,36-38H,14H2/t25-,27-,28+,29-,30-/m1/s1. The van der Waals surface area contributed by atoms with Crippen molar-refractivity contribution in [3.63, 3.8) is 0 Å². The maximum Gasteiger partial charge on any atom is 0.270 e. The molecule has 1 aliphatic heterocycles. The Hall–Kier alpha value is -4.92. The van der Waals surface area contributed by atoms with Gasteiger partial charge in [0.05, 0.1) is 39.6 Å². The van der Waals surface area contributed by atoms with Crippen LogP contribution in [0, 0.1) is 10.1 Å². The third kappa shape index (κ3) is 5.27. The second-order valence-corrected chi connectivity index (χ2v) is 9.92. The summed E-state index contributed by atoms with van der Waals surface area (Å²) in [7, 11) is 0. The van der Waals surface area contributed by atoms with Crippen LogP contribution < -0.4 is 10.2 Å². The number of hydrogen-bond acceptors (Lipinski definition) is 11. The third-order valence-corrected chi connectivity index (χ3v) is 7.19. The Morgan fingerprint density at radius 1 is 0.953 bits per heavy atom. The highest BCUT2D eigenvalue weighted by molar-refractivity contribution is 5.83. The summed E-state index contributed by atoms with van der Waals surface area (Å²) in [6.07, 6.45) is -6.04. The van der Waals surface area contributed by atoms with Gasteiger partial charge in [0.25, 0.3) is 5.69 Å². The first kappa shape index (κ1) is 28.2. The highest BCUT2D eigenvalue weighted by Crippen LogP contribution is 2.31. The summed E-state index contributed by atoms with van der Waals surface area (Å²) in [5.41, 5.74) is 1.80. The third-order valence-electron chi connectivity index (χ3n) is 7.19. The summed E-state index contributed by atoms with van der Waals surface area (Å²) in [6, 6.07) is 21.1. The fourth-order valence-corrected chi connectivity index (χ4v) is 4.92. The lowest BCUT2D eigenvalue weighted by atomic mass is 9.99. The number of para-hydroxylation sites is 1. The molecule has 220 valence electrons. The molecule has 0 spiro atoms. The minimum Gasteiger partial charge on any atom is -0.463 e. The van der Waals surface area contributed by atoms with Crippen molar-refractivity contribution in [2.45, 2.75) is 30.7 Å². The molecule has 2 aromatic heterocycles. The molecule has 3 heterocycles. The van der Waals surface area contributed by atoms with Gasteiger partial charge in [-0.15, -0.1) is 0 Å². The van der Waals surface area contributed by atoms with E-state index in [-0.39, 0.29) is 33.4 Å². The number of benzene rings is 3. The summed E-state index contributed by atoms with van der Waals surface area (Å²) >= 11 is 0. The molecule has 0 aliphatic carbocycles. The van der Waals surface area contributed by atoms with Crippen molar-refractivity contribution in [3.05, 3.63) is 105 Å². The molecule has 1 aliphatic rings. The molecule has 0 unspecified atom stereocenters. The van der Waals surface area contributed by atoms with Gasteiger partial charge in [-0.25, -0.2) is 4.68 Å². The molecule has 0 radical (unpaired) electrons. The Morgan fingerprint density at radius 2 is 1.74 bits per heavy atom. The molecule has 1 saturated heterocycles. The number of hydrogen-bond donors (Lipinski definition) is 4. The summed E-state index contributed by atoms with van der Waals surface area (Å²) in [6.45, 7) is -0.609. The van der Waals surface area contributed by atoms with E-state index in [0.29, 0.717) is 22.6 Å². The number of nitro benzene ring substituents is 1. The number of aliphatic hydroxyl groups is 4. The molecule has 3 aromatic carbocycles. The van der Waals surface area contributed by atoms with E-state index in [1.165, 1.54) is 36.6 Å². The van der Waals surface area contributed by atoms with Crippen LogP contribution in [-0.2, 0) is 4.74 Å². The Bertz CT molecular complexity index is 1850. The van der Waals surface area contributed by atoms with E-state index >= 15 is 0 Å². The van der Waals surface area contributed by atoms with Gasteiger partial charge in [-0.05, 0) is 30.3 Å². The Labute approximate surface area is 242 Å². The normalized spacial score (nSPS) is 22.0. The molecule has 0 saturated carbocycles. The van der Waals surface area contributed by atoms with Gasteiger partial charge in [0.15, 0.2) is 0 Å². The van der Waals surface area contributed by atoms with Gasteiger partial charge in [-0.1, -0.05) is 30.3 Å². The molecular weight excluding hydrogens is 562 g/mol. The Kier molecular flexibility index (Phi) is 7.48. The predicted molar refractivity (Wildman–Crippen MR) is 152 cm³/mol. The van der Waals surface area contributed by atoms with Crippen molar-refractivity contribution >= 4 is 16.7 Å². The van der Waals surface area contributed by atoms with Crippen LogP contribution in [0.2, 0.25) is 0 Å². The summed E-state index contributed by atoms with van der Waals surface area (Å²) in [5.74, 6) is 0.134. The first-order valence-electron chi connectivity index (χ1n) is 13.2. The van der Waals surface area contributed by atoms with Gasteiger partial charge in [0.1, 0.15) is 42.0 Å². The Balaban J connectivity index is 1.38. The molecule has 5 aromatic rings. The zero-order valence-corrected chi connectivity index (χ0v) is 22.3. The molecular formula is C30H25N3O10. The summed E-state index contributed by atoms with van der Waals surface area (Å²) in [4.78, 5) is 24.6. The fourth-order valence-electron chi connectivity index (χ4n) is 4.92. The molecule has 6 rings (SSSR count). The SMILES string of the molecule is O=c1c(-c2cc(-c3cccc([N+](=O)[O-])c3)nn2-c2ccccc2)coc2cc(O[C@@H]3O[C@H](CO)[C@@H](O)[C@H](O)[C@H]3O)ccc12. The molecule has 13 heteroatoms. The van der Waals surface area contributed by atoms with Gasteiger partial charge < -0.3 is 34.3 Å². The number of aliphatic hydroxyl groups excluding tert-OH is 4. The quantitative estimate of drug-likeness (QED) is 0.162. The number of fused-ring (bicyclic) bond motifs is 1. The van der Waals surface area contributed by atoms with Gasteiger partial charge in [-0.3, -0.25) is 14.9 Å². The van der Waals surface area contributed by atoms with Crippen LogP contribution in [0.15, 0.2) is 94.3 Å². The minimum absolute atomic E-state index is 0.0970. The zero-order chi connectivity index (χ0) is 30.2. The monoisotopic (exact) mass is 587 g/mol. The Morgan fingerprint density at radius 3 is 2.49 bits per heavy atom. The lowest BCUT2D eigenvalue weighted by Crippen LogP contribution is -2.60. The fraction of sp³-hybridized carbons (Fsp3) is 0.200. The number of nitro groups is 1. The molecule has 0 amide bonds. The number of ether oxygens (including phenoxy) is 2. The van der Waals surface area contributed by atoms with Crippen LogP contribution in [0.5, 0.6) is 5.75 Å². The zero-order valence-electron chi connectivity index (χ0n) is 22.3. The topological polar surface area (TPSA) is 191 Å². The van der Waals surface area contributed by atoms with Crippen LogP contribution in [0.1, 0.15) is 0 Å². The van der Waals surface area contributed by atoms with Gasteiger partial charge >= 0.3 is 0 Å². The van der Waals surface area contributed by atoms with Crippen LogP contribution in [-0.4, -0.2) is 72.4 Å². The minimum atomic E-state index is -1.61. The van der Waals surface area contributed by atoms with Crippen molar-refractivity contribution in [2.75, 3.05) is 6.61 Å². The molecule has 13 nitrogen and oxygen atoms in total. The molecule has 43 heavy (non-hydrogen) atoms. The van der Waals surface area contributed by atoms with Crippen molar-refractivity contribution in [1.82, 2.24) is 9.78 Å². The number of aromatic nitrogens is 2. The average molecular weight is 588 g/mol. The lowest BCUT2D eigenvalue weighted by Gasteiger charge is -2.39. The number of non-ortho nitro benzene ring substituents is 1. The maximum absolute atomic E-state index is 13.7. The van der Waals surface area contributed by atoms with Crippen LogP contribution in [0.25, 0.3) is 39.2 Å². The first-order chi connectivity index (χ1) is 20.7. The van der Waals surface area contributed by atoms with E-state index in [0.717, 1.165) is 0 Å². The lowest BCUT2D eigenvalue weighted by molar-refractivity contribution is -0.384. The van der Waals surface area contributed by atoms with E-state index < -0.39 is 42.2 Å². The highest BCUT2D eigenvalue weighted by Gasteiger charge is 2.44. The van der Waals surface area contributed by atoms with Crippen molar-refractivity contribution < 1.29 is 39.2 Å². The van der Waals surface area contributed by atoms with Crippen LogP contribution in [0.3, 0.4) is 0 Å². The van der Waals surface area contributed by atoms with Crippen molar-refractivity contribution in [3.8, 4) is 34.0 Å². The van der Waals surface area contributed by atoms with Crippen molar-refractivity contribution in [1.29, 1.82) is 0 Å². The smallest absolute Gasteiger partial charge is 0.270 e. The van der Waals surface area contributed by atoms with E-state index in [1.54, 1.807) is 35.0 Å². The molecule has 5 atom stereocenters. The predicted octanol–water partition coefficient (Wildman–Crippen LogP) is 2.40. The molecule has 0 bridgehead atoms. The highest BCUT2D eigenvalue weighted by atomic mass is 16.7. The second kappa shape index (κ2) is 11.4. The van der Waals surface area contributed by atoms with Crippen molar-refractivity contribution in [2.24, 2.45) is 0 Å². The first-order valence-corrected chi connectivity index (χ1v) is 13.2. The second-order valence-electron chi connectivity index (χ2n) is 9.92. The molecule has 1 fully saturated rings. The summed E-state index contributed by atoms with van der Waals surface area (Å²) < 4.78 is 18.4. The van der Waals surface area contributed by atoms with E-state index in [9.17, 15) is 35.3 Å². The van der Waals surface area contributed by atoms with Crippen LogP contribution >= 0.6 is 0 Å². The van der Waals surface area contributed by atoms with Gasteiger partial charge in [-0.2, -0.15) is 5.10 Å². The number of nitrogens with zero attached hydrogens (tertiary/aromatic N) is 3. The largest absolute Gasteiger partial charge is 0.463 e. The van der Waals surface area contributed by atoms with Crippen LogP contribution in [0.4, 0.5) is 5.69 Å². The maximum atomic E-state index is 13.7. The summed E-state index contributed by atoms with van der Waals surface area (Å²) in [5, 5.41) is 56.0. The van der Waals surface area contributed by atoms with Gasteiger partial charge in [0, 0.05) is 23.8 Å². The van der Waals surface area contributed by atoms with E-state index in [1.807, 2.05) is 18.2 Å². The van der Waals surface area contributed by atoms with E-state index in [2.05, 4.69) is 5.10 Å². The van der Waals surface area contributed by atoms with Gasteiger partial charge in [0.2, 0.25) is 11.7 Å². The molecule has 4 N–H and O–H groups in total. The van der Waals surface area contributed by atoms with E-state index in [4.69, 9.17) is 13.9 Å². The average Bonchev–Trinajstić information content (AvgIpc) is 3.47.